The van der Waals surface area contributed by atoms with Gasteiger partial charge in [-0.05, 0) is 49.2 Å². The molecule has 0 saturated carbocycles. The van der Waals surface area contributed by atoms with Crippen molar-refractivity contribution in [3.8, 4) is 0 Å². The lowest BCUT2D eigenvalue weighted by atomic mass is 10.0. The van der Waals surface area contributed by atoms with Crippen LogP contribution in [0.2, 0.25) is 0 Å². The van der Waals surface area contributed by atoms with E-state index in [0.29, 0.717) is 11.3 Å². The molecule has 1 unspecified atom stereocenters. The molecular formula is C22H21F2N3O4. The molecule has 2 aromatic rings. The Morgan fingerprint density at radius 1 is 1.06 bits per heavy atom. The van der Waals surface area contributed by atoms with E-state index in [2.05, 4.69) is 5.32 Å². The molecule has 162 valence electrons. The number of Topliss-reactive ketones (excluding diaryl/α,β-unsaturated/α-hetero) is 1. The monoisotopic (exact) mass is 429 g/mol. The Bertz CT molecular complexity index is 1040. The number of hydrogen-bond donors (Lipinski definition) is 1. The molecule has 4 amide bonds. The molecule has 1 N–H and O–H groups in total. The molecule has 7 nitrogen and oxygen atoms in total. The third kappa shape index (κ3) is 4.76. The van der Waals surface area contributed by atoms with E-state index in [4.69, 9.17) is 0 Å². The van der Waals surface area contributed by atoms with Gasteiger partial charge in [0.2, 0.25) is 5.91 Å². The van der Waals surface area contributed by atoms with Crippen molar-refractivity contribution >= 4 is 29.3 Å². The fourth-order valence-corrected chi connectivity index (χ4v) is 3.34. The molecule has 3 rings (SSSR count). The van der Waals surface area contributed by atoms with Gasteiger partial charge in [0.05, 0.1) is 6.54 Å². The largest absolute Gasteiger partial charge is 0.356 e. The average molecular weight is 429 g/mol. The first-order valence-electron chi connectivity index (χ1n) is 9.65. The Hall–Kier alpha value is -3.62. The highest BCUT2D eigenvalue weighted by Gasteiger charge is 2.44. The number of rotatable bonds is 7. The second-order valence-electron chi connectivity index (χ2n) is 7.19. The maximum atomic E-state index is 14.3. The lowest BCUT2D eigenvalue weighted by Crippen LogP contribution is -2.37. The van der Waals surface area contributed by atoms with Crippen molar-refractivity contribution in [3.05, 3.63) is 65.2 Å². The fourth-order valence-electron chi connectivity index (χ4n) is 3.34. The van der Waals surface area contributed by atoms with Gasteiger partial charge in [0.1, 0.15) is 17.7 Å². The smallest absolute Gasteiger partial charge is 0.332 e. The van der Waals surface area contributed by atoms with Crippen LogP contribution in [0.4, 0.5) is 19.3 Å². The number of halogens is 2. The third-order valence-corrected chi connectivity index (χ3v) is 5.00. The summed E-state index contributed by atoms with van der Waals surface area (Å²) in [4.78, 5) is 50.8. The molecule has 1 fully saturated rings. The number of anilines is 1. The lowest BCUT2D eigenvalue weighted by Gasteiger charge is -2.19. The predicted molar refractivity (Wildman–Crippen MR) is 109 cm³/mol. The van der Waals surface area contributed by atoms with E-state index in [-0.39, 0.29) is 24.4 Å². The van der Waals surface area contributed by atoms with Crippen molar-refractivity contribution in [2.45, 2.75) is 26.3 Å². The molecule has 0 aliphatic carbocycles. The summed E-state index contributed by atoms with van der Waals surface area (Å²) in [5.74, 6) is -2.49. The third-order valence-electron chi connectivity index (χ3n) is 5.00. The number of amides is 4. The molecule has 0 aromatic heterocycles. The maximum absolute atomic E-state index is 14.3. The van der Waals surface area contributed by atoms with Gasteiger partial charge in [-0.2, -0.15) is 0 Å². The summed E-state index contributed by atoms with van der Waals surface area (Å²) in [5, 5.41) is 2.56. The van der Waals surface area contributed by atoms with Crippen LogP contribution in [0.15, 0.2) is 42.5 Å². The van der Waals surface area contributed by atoms with Gasteiger partial charge in [-0.3, -0.25) is 24.2 Å². The van der Waals surface area contributed by atoms with E-state index in [0.717, 1.165) is 11.0 Å². The topological polar surface area (TPSA) is 86.8 Å². The first-order chi connectivity index (χ1) is 14.7. The minimum Gasteiger partial charge on any atom is -0.356 e. The zero-order valence-corrected chi connectivity index (χ0v) is 17.0. The highest BCUT2D eigenvalue weighted by atomic mass is 19.1. The summed E-state index contributed by atoms with van der Waals surface area (Å²) in [6.45, 7) is 2.59. The minimum absolute atomic E-state index is 0.0225. The number of carbonyl (C=O) groups excluding carboxylic acids is 4. The molecule has 0 radical (unpaired) electrons. The molecule has 1 atom stereocenters. The van der Waals surface area contributed by atoms with Gasteiger partial charge in [0.15, 0.2) is 5.78 Å². The lowest BCUT2D eigenvalue weighted by molar-refractivity contribution is -0.126. The van der Waals surface area contributed by atoms with Gasteiger partial charge in [-0.1, -0.05) is 12.1 Å². The molecule has 1 heterocycles. The van der Waals surface area contributed by atoms with Gasteiger partial charge in [0.25, 0.3) is 5.91 Å². The van der Waals surface area contributed by atoms with Crippen LogP contribution in [-0.2, 0) is 16.0 Å². The molecule has 31 heavy (non-hydrogen) atoms. The number of nitrogens with one attached hydrogen (secondary N) is 1. The predicted octanol–water partition coefficient (Wildman–Crippen LogP) is 2.68. The Kier molecular flexibility index (Phi) is 6.43. The van der Waals surface area contributed by atoms with Gasteiger partial charge in [-0.25, -0.2) is 13.6 Å². The van der Waals surface area contributed by atoms with E-state index in [9.17, 15) is 28.0 Å². The zero-order chi connectivity index (χ0) is 22.7. The first-order valence-corrected chi connectivity index (χ1v) is 9.65. The van der Waals surface area contributed by atoms with Crippen LogP contribution in [0.3, 0.4) is 0 Å². The summed E-state index contributed by atoms with van der Waals surface area (Å²) in [5.41, 5.74) is 0.681. The second-order valence-corrected chi connectivity index (χ2v) is 7.19. The van der Waals surface area contributed by atoms with E-state index in [1.54, 1.807) is 0 Å². The average Bonchev–Trinajstić information content (AvgIpc) is 2.93. The van der Waals surface area contributed by atoms with Crippen molar-refractivity contribution in [1.82, 2.24) is 10.2 Å². The number of carbonyl (C=O) groups is 4. The zero-order valence-electron chi connectivity index (χ0n) is 17.0. The molecule has 1 saturated heterocycles. The summed E-state index contributed by atoms with van der Waals surface area (Å²) < 4.78 is 27.5. The second kappa shape index (κ2) is 9.03. The van der Waals surface area contributed by atoms with Crippen LogP contribution in [0.5, 0.6) is 0 Å². The minimum atomic E-state index is -0.862. The summed E-state index contributed by atoms with van der Waals surface area (Å²) >= 11 is 0. The number of imide groups is 1. The standard InChI is InChI=1S/C22H21F2N3O4/c1-13-21(30)26(22(31)27(13)18-7-5-17(23)6-8-18)12-20(29)16-4-3-15(19(24)11-16)9-10-25-14(2)28/h3-8,11,13H,9-10,12H2,1-2H3,(H,25,28). The van der Waals surface area contributed by atoms with E-state index >= 15 is 0 Å². The first kappa shape index (κ1) is 22.1. The van der Waals surface area contributed by atoms with Gasteiger partial charge in [-0.15, -0.1) is 0 Å². The molecule has 0 bridgehead atoms. The Morgan fingerprint density at radius 3 is 2.35 bits per heavy atom. The van der Waals surface area contributed by atoms with Gasteiger partial charge < -0.3 is 5.32 Å². The maximum Gasteiger partial charge on any atom is 0.332 e. The molecule has 2 aromatic carbocycles. The molecular weight excluding hydrogens is 408 g/mol. The number of hydrogen-bond acceptors (Lipinski definition) is 4. The Labute approximate surface area is 177 Å². The number of nitrogens with zero attached hydrogens (tertiary/aromatic N) is 2. The van der Waals surface area contributed by atoms with Crippen LogP contribution >= 0.6 is 0 Å². The summed E-state index contributed by atoms with van der Waals surface area (Å²) in [6.07, 6.45) is 0.257. The Morgan fingerprint density at radius 2 is 1.74 bits per heavy atom. The molecule has 1 aliphatic heterocycles. The Balaban J connectivity index is 1.71. The molecule has 1 aliphatic rings. The van der Waals surface area contributed by atoms with Crippen molar-refractivity contribution in [2.24, 2.45) is 0 Å². The number of ketones is 1. The molecule has 0 spiro atoms. The van der Waals surface area contributed by atoms with Gasteiger partial charge >= 0.3 is 6.03 Å². The van der Waals surface area contributed by atoms with Crippen LogP contribution in [0.1, 0.15) is 29.8 Å². The van der Waals surface area contributed by atoms with Crippen LogP contribution in [0, 0.1) is 11.6 Å². The normalized spacial score (nSPS) is 16.1. The summed E-state index contributed by atoms with van der Waals surface area (Å²) in [7, 11) is 0. The van der Waals surface area contributed by atoms with Crippen molar-refractivity contribution in [1.29, 1.82) is 0 Å². The summed E-state index contributed by atoms with van der Waals surface area (Å²) in [6, 6.07) is 7.43. The highest BCUT2D eigenvalue weighted by Crippen LogP contribution is 2.26. The van der Waals surface area contributed by atoms with Gasteiger partial charge in [0, 0.05) is 24.7 Å². The van der Waals surface area contributed by atoms with E-state index in [1.807, 2.05) is 0 Å². The van der Waals surface area contributed by atoms with Crippen molar-refractivity contribution in [3.63, 3.8) is 0 Å². The van der Waals surface area contributed by atoms with E-state index < -0.39 is 41.9 Å². The number of urea groups is 1. The van der Waals surface area contributed by atoms with Crippen LogP contribution < -0.4 is 10.2 Å². The molecule has 9 heteroatoms. The SMILES string of the molecule is CC(=O)NCCc1ccc(C(=O)CN2C(=O)C(C)N(c3ccc(F)cc3)C2=O)cc1F. The number of benzene rings is 2. The van der Waals surface area contributed by atoms with Crippen LogP contribution in [0.25, 0.3) is 0 Å². The van der Waals surface area contributed by atoms with Crippen molar-refractivity contribution in [2.75, 3.05) is 18.0 Å². The quantitative estimate of drug-likeness (QED) is 0.542. The van der Waals surface area contributed by atoms with E-state index in [1.165, 1.54) is 55.1 Å². The highest BCUT2D eigenvalue weighted by molar-refractivity contribution is 6.16. The fraction of sp³-hybridized carbons (Fsp3) is 0.273. The van der Waals surface area contributed by atoms with Crippen molar-refractivity contribution < 1.29 is 28.0 Å². The van der Waals surface area contributed by atoms with Crippen LogP contribution in [-0.4, -0.2) is 47.7 Å².